The van der Waals surface area contributed by atoms with E-state index in [9.17, 15) is 25.0 Å². The Morgan fingerprint density at radius 2 is 1.77 bits per heavy atom. The molecule has 0 unspecified atom stereocenters. The number of benzene rings is 2. The van der Waals surface area contributed by atoms with E-state index in [0.29, 0.717) is 31.1 Å². The van der Waals surface area contributed by atoms with Gasteiger partial charge in [0.2, 0.25) is 5.91 Å². The van der Waals surface area contributed by atoms with E-state index in [0.717, 1.165) is 12.1 Å². The Labute approximate surface area is 206 Å². The molecule has 0 aliphatic rings. The average Bonchev–Trinajstić information content (AvgIpc) is 2.79. The number of amides is 1. The third-order valence-electron chi connectivity index (χ3n) is 4.73. The lowest BCUT2D eigenvalue weighted by Crippen LogP contribution is -2.23. The number of azo groups is 1. The molecule has 0 saturated carbocycles. The molecule has 13 nitrogen and oxygen atoms in total. The summed E-state index contributed by atoms with van der Waals surface area (Å²) in [5.41, 5.74) is -0.517. The van der Waals surface area contributed by atoms with Gasteiger partial charge in [0.25, 0.3) is 5.69 Å². The Hall–Kier alpha value is -3.84. The Bertz CT molecular complexity index is 1140. The van der Waals surface area contributed by atoms with Crippen LogP contribution in [-0.4, -0.2) is 49.2 Å². The van der Waals surface area contributed by atoms with Crippen molar-refractivity contribution in [2.24, 2.45) is 10.2 Å². The molecule has 0 heterocycles. The van der Waals surface area contributed by atoms with Crippen molar-refractivity contribution >= 4 is 51.6 Å². The molecule has 0 radical (unpaired) electrons. The summed E-state index contributed by atoms with van der Waals surface area (Å²) in [4.78, 5) is 34.7. The normalized spacial score (nSPS) is 10.9. The first-order chi connectivity index (χ1) is 16.6. The van der Waals surface area contributed by atoms with Crippen molar-refractivity contribution in [1.29, 1.82) is 0 Å². The summed E-state index contributed by atoms with van der Waals surface area (Å²) in [5, 5.41) is 32.9. The minimum Gasteiger partial charge on any atom is -0.489 e. The molecule has 0 saturated heterocycles. The van der Waals surface area contributed by atoms with Crippen LogP contribution < -0.4 is 15.0 Å². The Balaban J connectivity index is 2.67. The molecule has 2 rings (SSSR count). The number of methoxy groups -OCH3 is 1. The third kappa shape index (κ3) is 7.07. The standard InChI is InChI=1S/C21H25ClN6O7/c1-5-26(6-2)18-11-16(23-13(3)29)17(12-20(18)35-8-7-34-4)24-25-21-15(22)9-14(27(30)31)10-19(21)28(32)33/h9-12H,5-8H2,1-4H3,(H,23,29). The molecule has 2 aromatic carbocycles. The molecule has 2 aromatic rings. The summed E-state index contributed by atoms with van der Waals surface area (Å²) in [5.74, 6) is 0.0532. The first kappa shape index (κ1) is 27.4. The average molecular weight is 509 g/mol. The Morgan fingerprint density at radius 1 is 1.09 bits per heavy atom. The molecule has 0 aliphatic carbocycles. The van der Waals surface area contributed by atoms with Crippen LogP contribution >= 0.6 is 11.6 Å². The fraction of sp³-hybridized carbons (Fsp3) is 0.381. The van der Waals surface area contributed by atoms with E-state index in [2.05, 4.69) is 15.5 Å². The van der Waals surface area contributed by atoms with E-state index in [-0.39, 0.29) is 34.6 Å². The summed E-state index contributed by atoms with van der Waals surface area (Å²) in [6, 6.07) is 4.89. The molecule has 14 heteroatoms. The molecule has 188 valence electrons. The van der Waals surface area contributed by atoms with Crippen LogP contribution in [0.2, 0.25) is 5.02 Å². The summed E-state index contributed by atoms with van der Waals surface area (Å²) < 4.78 is 10.9. The van der Waals surface area contributed by atoms with Gasteiger partial charge < -0.3 is 19.7 Å². The van der Waals surface area contributed by atoms with Gasteiger partial charge in [-0.05, 0) is 19.9 Å². The number of nitrogens with zero attached hydrogens (tertiary/aromatic N) is 5. The third-order valence-corrected chi connectivity index (χ3v) is 5.02. The smallest absolute Gasteiger partial charge is 0.305 e. The molecule has 1 amide bonds. The van der Waals surface area contributed by atoms with Crippen LogP contribution in [0.4, 0.5) is 34.1 Å². The maximum atomic E-state index is 11.8. The zero-order valence-electron chi connectivity index (χ0n) is 19.6. The highest BCUT2D eigenvalue weighted by atomic mass is 35.5. The van der Waals surface area contributed by atoms with Crippen LogP contribution in [0.25, 0.3) is 0 Å². The minimum atomic E-state index is -0.843. The molecule has 0 atom stereocenters. The van der Waals surface area contributed by atoms with Gasteiger partial charge in [0, 0.05) is 39.3 Å². The van der Waals surface area contributed by atoms with Crippen molar-refractivity contribution < 1.29 is 24.1 Å². The molecule has 0 fully saturated rings. The van der Waals surface area contributed by atoms with Crippen molar-refractivity contribution in [2.75, 3.05) is 43.6 Å². The van der Waals surface area contributed by atoms with E-state index in [1.165, 1.54) is 20.1 Å². The highest BCUT2D eigenvalue weighted by Gasteiger charge is 2.24. The van der Waals surface area contributed by atoms with E-state index >= 15 is 0 Å². The number of carbonyl (C=O) groups excluding carboxylic acids is 1. The molecular formula is C21H25ClN6O7. The van der Waals surface area contributed by atoms with Crippen molar-refractivity contribution in [3.8, 4) is 5.75 Å². The number of ether oxygens (including phenoxy) is 2. The lowest BCUT2D eigenvalue weighted by molar-refractivity contribution is -0.393. The number of nitro groups is 2. The molecule has 0 spiro atoms. The van der Waals surface area contributed by atoms with Gasteiger partial charge in [-0.25, -0.2) is 0 Å². The number of halogens is 1. The van der Waals surface area contributed by atoms with Gasteiger partial charge in [0.1, 0.15) is 18.0 Å². The Kier molecular flexibility index (Phi) is 9.85. The predicted molar refractivity (Wildman–Crippen MR) is 131 cm³/mol. The van der Waals surface area contributed by atoms with Gasteiger partial charge in [-0.2, -0.15) is 0 Å². The van der Waals surface area contributed by atoms with E-state index in [1.54, 1.807) is 6.07 Å². The van der Waals surface area contributed by atoms with Gasteiger partial charge in [-0.3, -0.25) is 25.0 Å². The van der Waals surface area contributed by atoms with Crippen LogP contribution in [0.5, 0.6) is 5.75 Å². The SMILES string of the molecule is CCN(CC)c1cc(NC(C)=O)c(N=Nc2c(Cl)cc([N+](=O)[O-])cc2[N+](=O)[O-])cc1OCCOC. The molecular weight excluding hydrogens is 484 g/mol. The van der Waals surface area contributed by atoms with Crippen molar-refractivity contribution in [3.63, 3.8) is 0 Å². The molecule has 0 aliphatic heterocycles. The fourth-order valence-corrected chi connectivity index (χ4v) is 3.36. The zero-order chi connectivity index (χ0) is 26.1. The number of hydrogen-bond donors (Lipinski definition) is 1. The predicted octanol–water partition coefficient (Wildman–Crippen LogP) is 5.40. The maximum absolute atomic E-state index is 11.8. The van der Waals surface area contributed by atoms with E-state index in [4.69, 9.17) is 21.1 Å². The Morgan fingerprint density at radius 3 is 2.31 bits per heavy atom. The van der Waals surface area contributed by atoms with Crippen LogP contribution in [0, 0.1) is 20.2 Å². The molecule has 35 heavy (non-hydrogen) atoms. The maximum Gasteiger partial charge on any atom is 0.305 e. The second-order valence-corrected chi connectivity index (χ2v) is 7.45. The summed E-state index contributed by atoms with van der Waals surface area (Å²) in [6.07, 6.45) is 0. The van der Waals surface area contributed by atoms with Crippen LogP contribution in [0.15, 0.2) is 34.5 Å². The monoisotopic (exact) mass is 508 g/mol. The fourth-order valence-electron chi connectivity index (χ4n) is 3.11. The van der Waals surface area contributed by atoms with Crippen LogP contribution in [-0.2, 0) is 9.53 Å². The van der Waals surface area contributed by atoms with Gasteiger partial charge >= 0.3 is 5.69 Å². The highest BCUT2D eigenvalue weighted by Crippen LogP contribution is 2.42. The van der Waals surface area contributed by atoms with Crippen molar-refractivity contribution in [3.05, 3.63) is 49.5 Å². The van der Waals surface area contributed by atoms with Gasteiger partial charge in [-0.1, -0.05) is 11.6 Å². The first-order valence-corrected chi connectivity index (χ1v) is 10.9. The van der Waals surface area contributed by atoms with Crippen molar-refractivity contribution in [2.45, 2.75) is 20.8 Å². The van der Waals surface area contributed by atoms with Crippen LogP contribution in [0.1, 0.15) is 20.8 Å². The number of non-ortho nitro benzene ring substituents is 1. The number of nitrogens with one attached hydrogen (secondary N) is 1. The first-order valence-electron chi connectivity index (χ1n) is 10.5. The summed E-state index contributed by atoms with van der Waals surface area (Å²) >= 11 is 6.06. The van der Waals surface area contributed by atoms with E-state index in [1.807, 2.05) is 18.7 Å². The topological polar surface area (TPSA) is 162 Å². The number of nitro benzene ring substituents is 2. The second kappa shape index (κ2) is 12.6. The molecule has 0 bridgehead atoms. The number of rotatable bonds is 12. The lowest BCUT2D eigenvalue weighted by atomic mass is 10.2. The van der Waals surface area contributed by atoms with Gasteiger partial charge in [0.15, 0.2) is 5.69 Å². The second-order valence-electron chi connectivity index (χ2n) is 7.04. The van der Waals surface area contributed by atoms with Gasteiger partial charge in [-0.15, -0.1) is 10.2 Å². The lowest BCUT2D eigenvalue weighted by Gasteiger charge is -2.25. The number of carbonyl (C=O) groups is 1. The largest absolute Gasteiger partial charge is 0.489 e. The molecule has 1 N–H and O–H groups in total. The highest BCUT2D eigenvalue weighted by molar-refractivity contribution is 6.33. The molecule has 0 aromatic heterocycles. The zero-order valence-corrected chi connectivity index (χ0v) is 20.4. The van der Waals surface area contributed by atoms with Crippen molar-refractivity contribution in [1.82, 2.24) is 0 Å². The van der Waals surface area contributed by atoms with Gasteiger partial charge in [0.05, 0.1) is 38.9 Å². The van der Waals surface area contributed by atoms with E-state index < -0.39 is 21.2 Å². The summed E-state index contributed by atoms with van der Waals surface area (Å²) in [6.45, 7) is 7.12. The van der Waals surface area contributed by atoms with Crippen LogP contribution in [0.3, 0.4) is 0 Å². The summed E-state index contributed by atoms with van der Waals surface area (Å²) in [7, 11) is 1.54. The number of anilines is 2. The number of hydrogen-bond acceptors (Lipinski definition) is 10. The minimum absolute atomic E-state index is 0.132. The quantitative estimate of drug-likeness (QED) is 0.172.